The molecule has 0 saturated carbocycles. The average molecular weight is 326 g/mol. The Kier molecular flexibility index (Phi) is 5.07. The molecule has 0 bridgehead atoms. The highest BCUT2D eigenvalue weighted by molar-refractivity contribution is 7.91. The standard InChI is InChI=1S/C9H14N2O5S3/c1-18(13,14)6-8(12)11-5-4-7-2-3-9(17-7)19(10,15)16/h2-3H,4-6H2,1H3,(H,11,12)(H2,10,15,16). The minimum Gasteiger partial charge on any atom is -0.355 e. The number of carbonyl (C=O) groups excluding carboxylic acids is 1. The van der Waals surface area contributed by atoms with Crippen molar-refractivity contribution in [3.63, 3.8) is 0 Å². The number of thiophene rings is 1. The average Bonchev–Trinajstić information content (AvgIpc) is 2.62. The Morgan fingerprint density at radius 2 is 1.95 bits per heavy atom. The van der Waals surface area contributed by atoms with E-state index in [-0.39, 0.29) is 10.8 Å². The normalized spacial score (nSPS) is 12.3. The summed E-state index contributed by atoms with van der Waals surface area (Å²) in [5.41, 5.74) is 0. The van der Waals surface area contributed by atoms with Gasteiger partial charge in [-0.05, 0) is 18.6 Å². The molecule has 7 nitrogen and oxygen atoms in total. The van der Waals surface area contributed by atoms with Gasteiger partial charge in [-0.1, -0.05) is 0 Å². The van der Waals surface area contributed by atoms with Crippen molar-refractivity contribution >= 4 is 37.1 Å². The van der Waals surface area contributed by atoms with Crippen molar-refractivity contribution in [1.82, 2.24) is 5.32 Å². The number of hydrogen-bond acceptors (Lipinski definition) is 6. The monoisotopic (exact) mass is 326 g/mol. The Morgan fingerprint density at radius 1 is 1.32 bits per heavy atom. The Balaban J connectivity index is 2.46. The summed E-state index contributed by atoms with van der Waals surface area (Å²) in [6, 6.07) is 3.00. The highest BCUT2D eigenvalue weighted by Crippen LogP contribution is 2.20. The maximum absolute atomic E-state index is 11.2. The van der Waals surface area contributed by atoms with Crippen LogP contribution in [0.4, 0.5) is 0 Å². The molecule has 10 heteroatoms. The number of amides is 1. The van der Waals surface area contributed by atoms with E-state index in [4.69, 9.17) is 5.14 Å². The molecule has 0 aliphatic heterocycles. The van der Waals surface area contributed by atoms with Crippen molar-refractivity contribution in [2.24, 2.45) is 5.14 Å². The van der Waals surface area contributed by atoms with E-state index < -0.39 is 31.5 Å². The van der Waals surface area contributed by atoms with Crippen LogP contribution in [0.5, 0.6) is 0 Å². The minimum atomic E-state index is -3.70. The zero-order valence-corrected chi connectivity index (χ0v) is 12.6. The second kappa shape index (κ2) is 5.99. The molecule has 1 aromatic rings. The summed E-state index contributed by atoms with van der Waals surface area (Å²) < 4.78 is 43.8. The molecule has 1 aromatic heterocycles. The van der Waals surface area contributed by atoms with Gasteiger partial charge in [-0.2, -0.15) is 0 Å². The molecule has 0 atom stereocenters. The summed E-state index contributed by atoms with van der Waals surface area (Å²) >= 11 is 1.02. The first-order chi connectivity index (χ1) is 8.58. The molecular formula is C9H14N2O5S3. The van der Waals surface area contributed by atoms with E-state index in [0.29, 0.717) is 6.42 Å². The van der Waals surface area contributed by atoms with Crippen molar-refractivity contribution in [2.75, 3.05) is 18.6 Å². The molecule has 0 aromatic carbocycles. The van der Waals surface area contributed by atoms with Gasteiger partial charge in [0.05, 0.1) is 0 Å². The fraction of sp³-hybridized carbons (Fsp3) is 0.444. The Labute approximate surface area is 115 Å². The zero-order valence-electron chi connectivity index (χ0n) is 10.1. The summed E-state index contributed by atoms with van der Waals surface area (Å²) in [7, 11) is -7.03. The van der Waals surface area contributed by atoms with Gasteiger partial charge >= 0.3 is 0 Å². The van der Waals surface area contributed by atoms with E-state index in [0.717, 1.165) is 22.5 Å². The van der Waals surface area contributed by atoms with Crippen LogP contribution in [0.2, 0.25) is 0 Å². The van der Waals surface area contributed by atoms with Crippen molar-refractivity contribution < 1.29 is 21.6 Å². The van der Waals surface area contributed by atoms with Crippen LogP contribution in [0.15, 0.2) is 16.3 Å². The van der Waals surface area contributed by atoms with Crippen molar-refractivity contribution in [1.29, 1.82) is 0 Å². The number of nitrogens with one attached hydrogen (secondary N) is 1. The summed E-state index contributed by atoms with van der Waals surface area (Å²) in [5.74, 6) is -1.13. The molecule has 0 radical (unpaired) electrons. The van der Waals surface area contributed by atoms with Crippen molar-refractivity contribution in [3.05, 3.63) is 17.0 Å². The second-order valence-electron chi connectivity index (χ2n) is 3.94. The van der Waals surface area contributed by atoms with Gasteiger partial charge in [-0.25, -0.2) is 22.0 Å². The highest BCUT2D eigenvalue weighted by atomic mass is 32.2. The Morgan fingerprint density at radius 3 is 2.42 bits per heavy atom. The number of carbonyl (C=O) groups is 1. The van der Waals surface area contributed by atoms with E-state index in [9.17, 15) is 21.6 Å². The van der Waals surface area contributed by atoms with Crippen LogP contribution in [0.1, 0.15) is 4.88 Å². The number of sulfone groups is 1. The van der Waals surface area contributed by atoms with Gasteiger partial charge in [0.25, 0.3) is 0 Å². The molecule has 0 fully saturated rings. The Hall–Kier alpha value is -0.970. The van der Waals surface area contributed by atoms with Gasteiger partial charge in [0.15, 0.2) is 9.84 Å². The van der Waals surface area contributed by atoms with Gasteiger partial charge in [0, 0.05) is 17.7 Å². The van der Waals surface area contributed by atoms with Gasteiger partial charge in [-0.3, -0.25) is 4.79 Å². The van der Waals surface area contributed by atoms with Gasteiger partial charge in [0.1, 0.15) is 9.96 Å². The van der Waals surface area contributed by atoms with Crippen LogP contribution in [-0.4, -0.2) is 41.3 Å². The quantitative estimate of drug-likeness (QED) is 0.701. The highest BCUT2D eigenvalue weighted by Gasteiger charge is 2.12. The SMILES string of the molecule is CS(=O)(=O)CC(=O)NCCc1ccc(S(N)(=O)=O)s1. The lowest BCUT2D eigenvalue weighted by atomic mass is 10.3. The zero-order chi connectivity index (χ0) is 14.7. The van der Waals surface area contributed by atoms with E-state index in [2.05, 4.69) is 5.32 Å². The molecule has 1 heterocycles. The van der Waals surface area contributed by atoms with Crippen molar-refractivity contribution in [2.45, 2.75) is 10.6 Å². The molecule has 19 heavy (non-hydrogen) atoms. The third kappa shape index (κ3) is 6.14. The summed E-state index contributed by atoms with van der Waals surface area (Å²) in [4.78, 5) is 12.0. The number of hydrogen-bond donors (Lipinski definition) is 2. The lowest BCUT2D eigenvalue weighted by molar-refractivity contribution is -0.118. The third-order valence-corrected chi connectivity index (χ3v) is 5.37. The van der Waals surface area contributed by atoms with Crippen LogP contribution in [0, 0.1) is 0 Å². The fourth-order valence-electron chi connectivity index (χ4n) is 1.26. The molecule has 1 rings (SSSR count). The second-order valence-corrected chi connectivity index (χ2v) is 9.03. The van der Waals surface area contributed by atoms with Crippen LogP contribution in [0.3, 0.4) is 0 Å². The van der Waals surface area contributed by atoms with Crippen LogP contribution in [-0.2, 0) is 31.1 Å². The molecule has 0 saturated heterocycles. The van der Waals surface area contributed by atoms with Gasteiger partial charge in [-0.15, -0.1) is 11.3 Å². The lowest BCUT2D eigenvalue weighted by Gasteiger charge is -2.02. The smallest absolute Gasteiger partial charge is 0.247 e. The first-order valence-corrected chi connectivity index (χ1v) is 9.56. The maximum atomic E-state index is 11.2. The van der Waals surface area contributed by atoms with Crippen molar-refractivity contribution in [3.8, 4) is 0 Å². The Bertz CT molecular complexity index is 660. The van der Waals surface area contributed by atoms with Crippen LogP contribution in [0.25, 0.3) is 0 Å². The summed E-state index contributed by atoms with van der Waals surface area (Å²) in [6.45, 7) is 0.235. The number of sulfonamides is 1. The minimum absolute atomic E-state index is 0.0602. The summed E-state index contributed by atoms with van der Waals surface area (Å²) in [5, 5.41) is 7.41. The number of nitrogens with two attached hydrogens (primary N) is 1. The van der Waals surface area contributed by atoms with Gasteiger partial charge < -0.3 is 5.32 Å². The third-order valence-electron chi connectivity index (χ3n) is 2.00. The van der Waals surface area contributed by atoms with Gasteiger partial charge in [0.2, 0.25) is 15.9 Å². The molecule has 3 N–H and O–H groups in total. The molecular weight excluding hydrogens is 312 g/mol. The molecule has 1 amide bonds. The number of primary sulfonamides is 1. The van der Waals surface area contributed by atoms with E-state index in [1.807, 2.05) is 0 Å². The first-order valence-electron chi connectivity index (χ1n) is 5.14. The predicted molar refractivity (Wildman–Crippen MR) is 72.1 cm³/mol. The molecule has 0 spiro atoms. The molecule has 0 aliphatic rings. The molecule has 108 valence electrons. The van der Waals surface area contributed by atoms with E-state index in [1.165, 1.54) is 6.07 Å². The molecule has 0 aliphatic carbocycles. The lowest BCUT2D eigenvalue weighted by Crippen LogP contribution is -2.31. The van der Waals surface area contributed by atoms with Crippen LogP contribution < -0.4 is 10.5 Å². The number of rotatable bonds is 6. The first kappa shape index (κ1) is 16.1. The van der Waals surface area contributed by atoms with E-state index >= 15 is 0 Å². The fourth-order valence-corrected chi connectivity index (χ4v) is 3.62. The summed E-state index contributed by atoms with van der Waals surface area (Å²) in [6.07, 6.45) is 1.39. The van der Waals surface area contributed by atoms with Crippen LogP contribution >= 0.6 is 11.3 Å². The maximum Gasteiger partial charge on any atom is 0.247 e. The topological polar surface area (TPSA) is 123 Å². The molecule has 0 unspecified atom stereocenters. The van der Waals surface area contributed by atoms with E-state index in [1.54, 1.807) is 6.07 Å². The predicted octanol–water partition coefficient (Wildman–Crippen LogP) is -0.901. The largest absolute Gasteiger partial charge is 0.355 e.